The standard InChI is InChI=1S/C18H14N2O5S/c21-17(4-2-12-1-3-14-15(9-12)23-7-6-22-14)24-10-16-19-18(20-25-16)13-5-8-26-11-13/h1-5,8-9,11H,6-7,10H2/b4-2+. The Bertz CT molecular complexity index is 933. The van der Waals surface area contributed by atoms with E-state index in [0.717, 1.165) is 11.1 Å². The molecule has 4 rings (SSSR count). The van der Waals surface area contributed by atoms with Crippen molar-refractivity contribution >= 4 is 23.4 Å². The molecule has 0 fully saturated rings. The van der Waals surface area contributed by atoms with Gasteiger partial charge in [-0.2, -0.15) is 16.3 Å². The molecule has 0 atom stereocenters. The van der Waals surface area contributed by atoms with E-state index in [1.54, 1.807) is 17.4 Å². The van der Waals surface area contributed by atoms with Crippen LogP contribution in [0.3, 0.4) is 0 Å². The molecule has 3 aromatic rings. The van der Waals surface area contributed by atoms with Crippen molar-refractivity contribution in [2.45, 2.75) is 6.61 Å². The molecule has 8 heteroatoms. The lowest BCUT2D eigenvalue weighted by Gasteiger charge is -2.18. The third kappa shape index (κ3) is 3.75. The summed E-state index contributed by atoms with van der Waals surface area (Å²) in [6, 6.07) is 7.34. The molecule has 0 amide bonds. The smallest absolute Gasteiger partial charge is 0.331 e. The molecular formula is C18H14N2O5S. The molecule has 0 spiro atoms. The number of ether oxygens (including phenoxy) is 3. The second-order valence-corrected chi connectivity index (χ2v) is 6.15. The average molecular weight is 370 g/mol. The molecule has 26 heavy (non-hydrogen) atoms. The number of carbonyl (C=O) groups excluding carboxylic acids is 1. The molecule has 0 N–H and O–H groups in total. The molecule has 2 aromatic heterocycles. The first-order valence-electron chi connectivity index (χ1n) is 7.87. The average Bonchev–Trinajstić information content (AvgIpc) is 3.36. The molecule has 0 saturated carbocycles. The van der Waals surface area contributed by atoms with Gasteiger partial charge in [0.05, 0.1) is 0 Å². The number of rotatable bonds is 5. The summed E-state index contributed by atoms with van der Waals surface area (Å²) >= 11 is 1.54. The maximum absolute atomic E-state index is 11.9. The topological polar surface area (TPSA) is 83.7 Å². The highest BCUT2D eigenvalue weighted by Gasteiger charge is 2.12. The van der Waals surface area contributed by atoms with E-state index in [9.17, 15) is 4.79 Å². The number of benzene rings is 1. The minimum Gasteiger partial charge on any atom is -0.486 e. The van der Waals surface area contributed by atoms with Crippen molar-refractivity contribution in [2.24, 2.45) is 0 Å². The van der Waals surface area contributed by atoms with Crippen LogP contribution < -0.4 is 9.47 Å². The fourth-order valence-corrected chi connectivity index (χ4v) is 2.97. The van der Waals surface area contributed by atoms with E-state index in [2.05, 4.69) is 10.1 Å². The van der Waals surface area contributed by atoms with Gasteiger partial charge < -0.3 is 18.7 Å². The number of esters is 1. The second-order valence-electron chi connectivity index (χ2n) is 5.37. The summed E-state index contributed by atoms with van der Waals surface area (Å²) in [7, 11) is 0. The van der Waals surface area contributed by atoms with Gasteiger partial charge in [0.25, 0.3) is 5.89 Å². The highest BCUT2D eigenvalue weighted by atomic mass is 32.1. The monoisotopic (exact) mass is 370 g/mol. The Morgan fingerprint density at radius 3 is 2.96 bits per heavy atom. The van der Waals surface area contributed by atoms with Gasteiger partial charge in [0.1, 0.15) is 13.2 Å². The van der Waals surface area contributed by atoms with E-state index in [-0.39, 0.29) is 12.5 Å². The van der Waals surface area contributed by atoms with Crippen LogP contribution in [0.2, 0.25) is 0 Å². The van der Waals surface area contributed by atoms with E-state index in [4.69, 9.17) is 18.7 Å². The van der Waals surface area contributed by atoms with E-state index in [1.807, 2.05) is 35.0 Å². The van der Waals surface area contributed by atoms with Crippen molar-refractivity contribution in [1.82, 2.24) is 10.1 Å². The number of hydrogen-bond donors (Lipinski definition) is 0. The number of carbonyl (C=O) groups is 1. The van der Waals surface area contributed by atoms with E-state index in [1.165, 1.54) is 6.08 Å². The maximum atomic E-state index is 11.9. The van der Waals surface area contributed by atoms with E-state index < -0.39 is 5.97 Å². The van der Waals surface area contributed by atoms with Crippen molar-refractivity contribution in [3.05, 3.63) is 52.6 Å². The quantitative estimate of drug-likeness (QED) is 0.503. The Hall–Kier alpha value is -3.13. The van der Waals surface area contributed by atoms with E-state index >= 15 is 0 Å². The molecular weight excluding hydrogens is 356 g/mol. The molecule has 0 unspecified atom stereocenters. The second kappa shape index (κ2) is 7.40. The lowest BCUT2D eigenvalue weighted by Crippen LogP contribution is -2.15. The molecule has 1 aromatic carbocycles. The van der Waals surface area contributed by atoms with Crippen LogP contribution in [0.4, 0.5) is 0 Å². The number of nitrogens with zero attached hydrogens (tertiary/aromatic N) is 2. The van der Waals surface area contributed by atoms with Crippen LogP contribution >= 0.6 is 11.3 Å². The predicted molar refractivity (Wildman–Crippen MR) is 93.9 cm³/mol. The zero-order chi connectivity index (χ0) is 17.8. The van der Waals surface area contributed by atoms with Crippen LogP contribution in [0.5, 0.6) is 11.5 Å². The van der Waals surface area contributed by atoms with Crippen LogP contribution in [-0.4, -0.2) is 29.3 Å². The Labute approximate surface area is 152 Å². The first-order chi connectivity index (χ1) is 12.8. The Balaban J connectivity index is 1.33. The Kier molecular flexibility index (Phi) is 4.65. The number of aromatic nitrogens is 2. The third-order valence-corrected chi connectivity index (χ3v) is 4.25. The van der Waals surface area contributed by atoms with Gasteiger partial charge in [0, 0.05) is 17.0 Å². The van der Waals surface area contributed by atoms with Gasteiger partial charge in [0.15, 0.2) is 18.1 Å². The minimum absolute atomic E-state index is 0.0819. The molecule has 7 nitrogen and oxygen atoms in total. The first-order valence-corrected chi connectivity index (χ1v) is 8.82. The lowest BCUT2D eigenvalue weighted by molar-refractivity contribution is -0.139. The minimum atomic E-state index is -0.504. The van der Waals surface area contributed by atoms with Crippen LogP contribution in [-0.2, 0) is 16.1 Å². The van der Waals surface area contributed by atoms with Gasteiger partial charge in [-0.3, -0.25) is 0 Å². The summed E-state index contributed by atoms with van der Waals surface area (Å²) < 4.78 is 21.2. The van der Waals surface area contributed by atoms with Crippen molar-refractivity contribution in [3.8, 4) is 22.9 Å². The zero-order valence-corrected chi connectivity index (χ0v) is 14.4. The van der Waals surface area contributed by atoms with Crippen LogP contribution in [0.25, 0.3) is 17.5 Å². The number of fused-ring (bicyclic) bond motifs is 1. The fourth-order valence-electron chi connectivity index (χ4n) is 2.33. The van der Waals surface area contributed by atoms with Crippen molar-refractivity contribution in [2.75, 3.05) is 13.2 Å². The van der Waals surface area contributed by atoms with Gasteiger partial charge in [-0.1, -0.05) is 11.2 Å². The molecule has 1 aliphatic heterocycles. The normalized spacial score (nSPS) is 13.1. The van der Waals surface area contributed by atoms with Gasteiger partial charge in [-0.15, -0.1) is 0 Å². The van der Waals surface area contributed by atoms with Gasteiger partial charge in [-0.25, -0.2) is 4.79 Å². The first kappa shape index (κ1) is 16.3. The summed E-state index contributed by atoms with van der Waals surface area (Å²) in [5, 5.41) is 7.69. The third-order valence-electron chi connectivity index (χ3n) is 3.56. The summed E-state index contributed by atoms with van der Waals surface area (Å²) in [6.45, 7) is 0.972. The summed E-state index contributed by atoms with van der Waals surface area (Å²) in [5.41, 5.74) is 1.68. The fraction of sp³-hybridized carbons (Fsp3) is 0.167. The summed E-state index contributed by atoms with van der Waals surface area (Å²) in [5.74, 6) is 1.58. The van der Waals surface area contributed by atoms with E-state index in [0.29, 0.717) is 30.5 Å². The molecule has 0 saturated heterocycles. The maximum Gasteiger partial charge on any atom is 0.331 e. The molecule has 1 aliphatic rings. The van der Waals surface area contributed by atoms with Crippen molar-refractivity contribution in [1.29, 1.82) is 0 Å². The Morgan fingerprint density at radius 2 is 2.12 bits per heavy atom. The predicted octanol–water partition coefficient (Wildman–Crippen LogP) is 3.33. The SMILES string of the molecule is O=C(/C=C/c1ccc2c(c1)OCCO2)OCc1nc(-c2ccsc2)no1. The van der Waals surface area contributed by atoms with Gasteiger partial charge in [-0.05, 0) is 35.2 Å². The molecule has 3 heterocycles. The largest absolute Gasteiger partial charge is 0.486 e. The van der Waals surface area contributed by atoms with Crippen LogP contribution in [0, 0.1) is 0 Å². The Morgan fingerprint density at radius 1 is 1.23 bits per heavy atom. The summed E-state index contributed by atoms with van der Waals surface area (Å²) in [4.78, 5) is 16.0. The van der Waals surface area contributed by atoms with Crippen LogP contribution in [0.1, 0.15) is 11.5 Å². The molecule has 0 bridgehead atoms. The highest BCUT2D eigenvalue weighted by molar-refractivity contribution is 7.08. The summed E-state index contributed by atoms with van der Waals surface area (Å²) in [6.07, 6.45) is 2.98. The lowest BCUT2D eigenvalue weighted by atomic mass is 10.2. The number of thiophene rings is 1. The molecule has 0 aliphatic carbocycles. The van der Waals surface area contributed by atoms with Crippen LogP contribution in [0.15, 0.2) is 45.6 Å². The molecule has 132 valence electrons. The highest BCUT2D eigenvalue weighted by Crippen LogP contribution is 2.31. The van der Waals surface area contributed by atoms with Gasteiger partial charge in [0.2, 0.25) is 5.82 Å². The molecule has 0 radical (unpaired) electrons. The van der Waals surface area contributed by atoms with Crippen molar-refractivity contribution in [3.63, 3.8) is 0 Å². The van der Waals surface area contributed by atoms with Crippen molar-refractivity contribution < 1.29 is 23.5 Å². The van der Waals surface area contributed by atoms with Gasteiger partial charge >= 0.3 is 5.97 Å². The number of hydrogen-bond acceptors (Lipinski definition) is 8. The zero-order valence-electron chi connectivity index (χ0n) is 13.6.